The monoisotopic (exact) mass is 291 g/mol. The number of benzene rings is 2. The van der Waals surface area contributed by atoms with Gasteiger partial charge in [-0.15, -0.1) is 0 Å². The summed E-state index contributed by atoms with van der Waals surface area (Å²) >= 11 is 0. The number of hydrogen-bond donors (Lipinski definition) is 0. The molecule has 2 aliphatic rings. The van der Waals surface area contributed by atoms with E-state index in [0.717, 1.165) is 19.5 Å². The van der Waals surface area contributed by atoms with E-state index >= 15 is 0 Å². The normalized spacial score (nSPS) is 26.7. The van der Waals surface area contributed by atoms with Gasteiger partial charge in [-0.05, 0) is 36.3 Å². The predicted molar refractivity (Wildman–Crippen MR) is 87.4 cm³/mol. The van der Waals surface area contributed by atoms with Crippen LogP contribution in [0, 0.1) is 18.8 Å². The lowest BCUT2D eigenvalue weighted by Crippen LogP contribution is -2.36. The molecule has 112 valence electrons. The molecule has 1 amide bonds. The van der Waals surface area contributed by atoms with Gasteiger partial charge in [0.1, 0.15) is 0 Å². The third-order valence-corrected chi connectivity index (χ3v) is 5.24. The van der Waals surface area contributed by atoms with E-state index in [-0.39, 0.29) is 5.92 Å². The average molecular weight is 291 g/mol. The third-order valence-electron chi connectivity index (χ3n) is 5.24. The second kappa shape index (κ2) is 5.28. The molecule has 22 heavy (non-hydrogen) atoms. The van der Waals surface area contributed by atoms with E-state index in [9.17, 15) is 4.79 Å². The first-order valence-corrected chi connectivity index (χ1v) is 8.11. The first kappa shape index (κ1) is 13.6. The van der Waals surface area contributed by atoms with Crippen molar-refractivity contribution >= 4 is 5.91 Å². The second-order valence-electron chi connectivity index (χ2n) is 6.75. The Balaban J connectivity index is 1.50. The van der Waals surface area contributed by atoms with Gasteiger partial charge in [0.25, 0.3) is 0 Å². The molecule has 0 unspecified atom stereocenters. The maximum Gasteiger partial charge on any atom is 0.226 e. The van der Waals surface area contributed by atoms with Gasteiger partial charge in [0.15, 0.2) is 0 Å². The van der Waals surface area contributed by atoms with E-state index in [0.29, 0.717) is 17.7 Å². The van der Waals surface area contributed by atoms with E-state index in [1.807, 2.05) is 18.2 Å². The highest BCUT2D eigenvalue weighted by molar-refractivity contribution is 5.84. The molecular weight excluding hydrogens is 270 g/mol. The van der Waals surface area contributed by atoms with Crippen molar-refractivity contribution < 1.29 is 4.79 Å². The molecule has 2 aromatic carbocycles. The number of nitrogens with zero attached hydrogens (tertiary/aromatic N) is 1. The zero-order chi connectivity index (χ0) is 15.1. The standard InChI is InChI=1S/C20H21NO/c1-14-6-5-9-16(10-14)18-11-17-13-21(20(22)19(17)18)12-15-7-3-2-4-8-15/h2-10,17-19H,11-13H2,1H3/t17-,18-,19+/m1/s1. The van der Waals surface area contributed by atoms with Crippen LogP contribution in [0.15, 0.2) is 54.6 Å². The van der Waals surface area contributed by atoms with Gasteiger partial charge in [-0.25, -0.2) is 0 Å². The Labute approximate surface area is 131 Å². The Morgan fingerprint density at radius 2 is 1.91 bits per heavy atom. The van der Waals surface area contributed by atoms with Crippen LogP contribution in [0.25, 0.3) is 0 Å². The summed E-state index contributed by atoms with van der Waals surface area (Å²) in [4.78, 5) is 14.8. The van der Waals surface area contributed by atoms with E-state index in [1.165, 1.54) is 16.7 Å². The predicted octanol–water partition coefficient (Wildman–Crippen LogP) is 3.76. The third kappa shape index (κ3) is 2.23. The largest absolute Gasteiger partial charge is 0.338 e. The van der Waals surface area contributed by atoms with E-state index < -0.39 is 0 Å². The molecule has 0 bridgehead atoms. The number of carbonyl (C=O) groups is 1. The molecule has 2 nitrogen and oxygen atoms in total. The van der Waals surface area contributed by atoms with Gasteiger partial charge in [-0.2, -0.15) is 0 Å². The number of amides is 1. The summed E-state index contributed by atoms with van der Waals surface area (Å²) in [7, 11) is 0. The number of rotatable bonds is 3. The van der Waals surface area contributed by atoms with Crippen molar-refractivity contribution in [3.63, 3.8) is 0 Å². The molecule has 1 heterocycles. The van der Waals surface area contributed by atoms with Gasteiger partial charge in [-0.1, -0.05) is 60.2 Å². The van der Waals surface area contributed by atoms with E-state index in [2.05, 4.69) is 48.2 Å². The highest BCUT2D eigenvalue weighted by atomic mass is 16.2. The molecule has 2 fully saturated rings. The van der Waals surface area contributed by atoms with Crippen LogP contribution in [0.2, 0.25) is 0 Å². The quantitative estimate of drug-likeness (QED) is 0.843. The Kier molecular flexibility index (Phi) is 3.25. The van der Waals surface area contributed by atoms with Gasteiger partial charge in [-0.3, -0.25) is 4.79 Å². The maximum absolute atomic E-state index is 12.8. The topological polar surface area (TPSA) is 20.3 Å². The number of hydrogen-bond acceptors (Lipinski definition) is 1. The Bertz CT molecular complexity index is 694. The highest BCUT2D eigenvalue weighted by Crippen LogP contribution is 2.52. The first-order valence-electron chi connectivity index (χ1n) is 8.11. The lowest BCUT2D eigenvalue weighted by Gasteiger charge is -2.38. The van der Waals surface area contributed by atoms with Crippen molar-refractivity contribution in [1.29, 1.82) is 0 Å². The minimum absolute atomic E-state index is 0.213. The summed E-state index contributed by atoms with van der Waals surface area (Å²) in [6.07, 6.45) is 1.16. The Morgan fingerprint density at radius 3 is 2.68 bits per heavy atom. The summed E-state index contributed by atoms with van der Waals surface area (Å²) in [6.45, 7) is 3.81. The number of likely N-dealkylation sites (tertiary alicyclic amines) is 1. The minimum atomic E-state index is 0.213. The molecule has 4 rings (SSSR count). The van der Waals surface area contributed by atoms with Gasteiger partial charge < -0.3 is 4.90 Å². The smallest absolute Gasteiger partial charge is 0.226 e. The molecule has 1 aliphatic carbocycles. The zero-order valence-corrected chi connectivity index (χ0v) is 12.9. The molecule has 0 radical (unpaired) electrons. The van der Waals surface area contributed by atoms with Crippen molar-refractivity contribution in [3.8, 4) is 0 Å². The van der Waals surface area contributed by atoms with Crippen molar-refractivity contribution in [1.82, 2.24) is 4.90 Å². The van der Waals surface area contributed by atoms with E-state index in [1.54, 1.807) is 0 Å². The molecule has 2 heteroatoms. The summed E-state index contributed by atoms with van der Waals surface area (Å²) < 4.78 is 0. The molecule has 0 aromatic heterocycles. The number of carbonyl (C=O) groups excluding carboxylic acids is 1. The lowest BCUT2D eigenvalue weighted by molar-refractivity contribution is -0.133. The van der Waals surface area contributed by atoms with Crippen LogP contribution in [0.5, 0.6) is 0 Å². The van der Waals surface area contributed by atoms with Gasteiger partial charge >= 0.3 is 0 Å². The van der Waals surface area contributed by atoms with E-state index in [4.69, 9.17) is 0 Å². The highest BCUT2D eigenvalue weighted by Gasteiger charge is 2.53. The van der Waals surface area contributed by atoms with Crippen LogP contribution >= 0.6 is 0 Å². The zero-order valence-electron chi connectivity index (χ0n) is 12.9. The second-order valence-corrected chi connectivity index (χ2v) is 6.75. The van der Waals surface area contributed by atoms with Gasteiger partial charge in [0.05, 0.1) is 0 Å². The van der Waals surface area contributed by atoms with Crippen LogP contribution < -0.4 is 0 Å². The molecular formula is C20H21NO. The van der Waals surface area contributed by atoms with Crippen LogP contribution in [-0.2, 0) is 11.3 Å². The molecule has 3 atom stereocenters. The van der Waals surface area contributed by atoms with Crippen molar-refractivity contribution in [2.24, 2.45) is 11.8 Å². The van der Waals surface area contributed by atoms with Crippen LogP contribution in [0.3, 0.4) is 0 Å². The lowest BCUT2D eigenvalue weighted by atomic mass is 9.63. The molecule has 1 aliphatic heterocycles. The Morgan fingerprint density at radius 1 is 1.09 bits per heavy atom. The summed E-state index contributed by atoms with van der Waals surface area (Å²) in [6, 6.07) is 19.0. The number of fused-ring (bicyclic) bond motifs is 1. The first-order chi connectivity index (χ1) is 10.7. The SMILES string of the molecule is Cc1cccc([C@H]2C[C@@H]3CN(Cc4ccccc4)C(=O)[C@@H]32)c1. The fraction of sp³-hybridized carbons (Fsp3) is 0.350. The van der Waals surface area contributed by atoms with Crippen molar-refractivity contribution in [2.45, 2.75) is 25.8 Å². The molecule has 0 N–H and O–H groups in total. The van der Waals surface area contributed by atoms with Crippen molar-refractivity contribution in [3.05, 3.63) is 71.3 Å². The fourth-order valence-electron chi connectivity index (χ4n) is 4.09. The van der Waals surface area contributed by atoms with Gasteiger partial charge in [0.2, 0.25) is 5.91 Å². The Hall–Kier alpha value is -2.09. The van der Waals surface area contributed by atoms with Crippen LogP contribution in [0.4, 0.5) is 0 Å². The number of aryl methyl sites for hydroxylation is 1. The molecule has 1 saturated carbocycles. The van der Waals surface area contributed by atoms with Gasteiger partial charge in [0, 0.05) is 19.0 Å². The van der Waals surface area contributed by atoms with Crippen molar-refractivity contribution in [2.75, 3.05) is 6.54 Å². The molecule has 1 saturated heterocycles. The molecule has 2 aromatic rings. The summed E-state index contributed by atoms with van der Waals surface area (Å²) in [5.74, 6) is 1.55. The summed E-state index contributed by atoms with van der Waals surface area (Å²) in [5, 5.41) is 0. The maximum atomic E-state index is 12.8. The average Bonchev–Trinajstić information content (AvgIpc) is 2.72. The summed E-state index contributed by atoms with van der Waals surface area (Å²) in [5.41, 5.74) is 3.85. The molecule has 0 spiro atoms. The minimum Gasteiger partial charge on any atom is -0.338 e. The fourth-order valence-corrected chi connectivity index (χ4v) is 4.09. The van der Waals surface area contributed by atoms with Crippen LogP contribution in [0.1, 0.15) is 29.0 Å². The van der Waals surface area contributed by atoms with Crippen LogP contribution in [-0.4, -0.2) is 17.4 Å².